The predicted octanol–water partition coefficient (Wildman–Crippen LogP) is 4.13. The molecule has 5 nitrogen and oxygen atoms in total. The number of nitrogens with one attached hydrogen (secondary N) is 1. The first-order valence-corrected chi connectivity index (χ1v) is 9.85. The lowest BCUT2D eigenvalue weighted by Crippen LogP contribution is -2.32. The Hall–Kier alpha value is -2.02. The summed E-state index contributed by atoms with van der Waals surface area (Å²) in [6.45, 7) is 0.548. The van der Waals surface area contributed by atoms with Crippen LogP contribution in [-0.4, -0.2) is 29.3 Å². The van der Waals surface area contributed by atoms with Gasteiger partial charge in [-0.3, -0.25) is 14.6 Å². The molecule has 1 heterocycles. The summed E-state index contributed by atoms with van der Waals surface area (Å²) >= 11 is 13.0. The van der Waals surface area contributed by atoms with Crippen LogP contribution in [0.5, 0.6) is 0 Å². The average Bonchev–Trinajstić information content (AvgIpc) is 2.94. The van der Waals surface area contributed by atoms with Crippen LogP contribution >= 0.6 is 35.0 Å². The number of imide groups is 1. The third-order valence-electron chi connectivity index (χ3n) is 4.00. The van der Waals surface area contributed by atoms with Crippen LogP contribution in [0.3, 0.4) is 0 Å². The summed E-state index contributed by atoms with van der Waals surface area (Å²) in [7, 11) is 1.65. The van der Waals surface area contributed by atoms with E-state index in [4.69, 9.17) is 23.2 Å². The quantitative estimate of drug-likeness (QED) is 0.457. The molecule has 1 N–H and O–H groups in total. The minimum atomic E-state index is -0.510. The molecule has 1 aliphatic rings. The molecule has 1 atom stereocenters. The van der Waals surface area contributed by atoms with Gasteiger partial charge in [-0.25, -0.2) is 4.90 Å². The molecule has 0 radical (unpaired) electrons. The maximum atomic E-state index is 12.7. The first-order valence-electron chi connectivity index (χ1n) is 8.22. The fourth-order valence-corrected chi connectivity index (χ4v) is 3.86. The number of hydrogen-bond acceptors (Lipinski definition) is 4. The highest BCUT2D eigenvalue weighted by Gasteiger charge is 2.40. The van der Waals surface area contributed by atoms with Gasteiger partial charge >= 0.3 is 0 Å². The summed E-state index contributed by atoms with van der Waals surface area (Å²) < 4.78 is 0. The third kappa shape index (κ3) is 4.83. The highest BCUT2D eigenvalue weighted by Crippen LogP contribution is 2.30. The highest BCUT2D eigenvalue weighted by atomic mass is 35.5. The van der Waals surface area contributed by atoms with Gasteiger partial charge < -0.3 is 5.32 Å². The van der Waals surface area contributed by atoms with E-state index in [1.54, 1.807) is 31.3 Å². The lowest BCUT2D eigenvalue weighted by atomic mass is 10.2. The van der Waals surface area contributed by atoms with E-state index < -0.39 is 5.25 Å². The molecule has 0 aliphatic carbocycles. The summed E-state index contributed by atoms with van der Waals surface area (Å²) in [6, 6.07) is 14.1. The molecule has 2 aromatic rings. The summed E-state index contributed by atoms with van der Waals surface area (Å²) in [5.74, 6) is -0.477. The zero-order valence-electron chi connectivity index (χ0n) is 14.5. The van der Waals surface area contributed by atoms with Crippen LogP contribution in [0.4, 0.5) is 5.69 Å². The molecule has 0 saturated carbocycles. The van der Waals surface area contributed by atoms with Gasteiger partial charge in [0.2, 0.25) is 11.8 Å². The molecule has 2 aromatic carbocycles. The van der Waals surface area contributed by atoms with E-state index in [1.807, 2.05) is 24.3 Å². The molecule has 1 fully saturated rings. The van der Waals surface area contributed by atoms with Gasteiger partial charge in [-0.1, -0.05) is 47.1 Å². The van der Waals surface area contributed by atoms with Crippen LogP contribution in [0.1, 0.15) is 12.0 Å². The number of amides is 2. The first kappa shape index (κ1) is 19.7. The number of aliphatic imine (C=N–C) groups is 1. The molecule has 0 bridgehead atoms. The summed E-state index contributed by atoms with van der Waals surface area (Å²) in [5.41, 5.74) is 1.57. The van der Waals surface area contributed by atoms with E-state index >= 15 is 0 Å². The molecule has 1 saturated heterocycles. The van der Waals surface area contributed by atoms with E-state index in [0.717, 1.165) is 5.56 Å². The van der Waals surface area contributed by atoms with Crippen molar-refractivity contribution in [3.05, 3.63) is 64.1 Å². The Kier molecular flexibility index (Phi) is 6.42. The Labute approximate surface area is 171 Å². The number of carbonyl (C=O) groups is 2. The van der Waals surface area contributed by atoms with Crippen molar-refractivity contribution in [2.24, 2.45) is 4.99 Å². The maximum absolute atomic E-state index is 12.7. The van der Waals surface area contributed by atoms with E-state index in [-0.39, 0.29) is 18.2 Å². The molecule has 8 heteroatoms. The number of thioether (sulfide) groups is 1. The smallest absolute Gasteiger partial charge is 0.247 e. The van der Waals surface area contributed by atoms with Crippen molar-refractivity contribution in [1.82, 2.24) is 5.32 Å². The van der Waals surface area contributed by atoms with Crippen LogP contribution < -0.4 is 10.2 Å². The third-order valence-corrected chi connectivity index (χ3v) is 5.71. The second-order valence-corrected chi connectivity index (χ2v) is 7.93. The number of carbonyl (C=O) groups excluding carboxylic acids is 2. The molecule has 0 aromatic heterocycles. The van der Waals surface area contributed by atoms with Gasteiger partial charge in [0.05, 0.1) is 5.69 Å². The van der Waals surface area contributed by atoms with Gasteiger partial charge in [0, 0.05) is 30.1 Å². The van der Waals surface area contributed by atoms with Crippen LogP contribution in [0.15, 0.2) is 53.5 Å². The predicted molar refractivity (Wildman–Crippen MR) is 112 cm³/mol. The van der Waals surface area contributed by atoms with E-state index in [2.05, 4.69) is 10.3 Å². The van der Waals surface area contributed by atoms with Gasteiger partial charge in [0.15, 0.2) is 5.17 Å². The van der Waals surface area contributed by atoms with Crippen LogP contribution in [0.2, 0.25) is 10.0 Å². The number of rotatable bonds is 4. The van der Waals surface area contributed by atoms with E-state index in [1.165, 1.54) is 16.7 Å². The number of benzene rings is 2. The van der Waals surface area contributed by atoms with Crippen molar-refractivity contribution < 1.29 is 9.59 Å². The lowest BCUT2D eigenvalue weighted by Gasteiger charge is -2.15. The van der Waals surface area contributed by atoms with Crippen molar-refractivity contribution in [2.75, 3.05) is 11.9 Å². The van der Waals surface area contributed by atoms with Crippen molar-refractivity contribution in [3.8, 4) is 0 Å². The van der Waals surface area contributed by atoms with E-state index in [0.29, 0.717) is 27.4 Å². The zero-order valence-corrected chi connectivity index (χ0v) is 16.8. The number of nitrogens with zero attached hydrogens (tertiary/aromatic N) is 2. The summed E-state index contributed by atoms with van der Waals surface area (Å²) in [6.07, 6.45) is 0.133. The van der Waals surface area contributed by atoms with Crippen molar-refractivity contribution >= 4 is 57.6 Å². The highest BCUT2D eigenvalue weighted by molar-refractivity contribution is 8.15. The Morgan fingerprint density at radius 3 is 2.30 bits per heavy atom. The fraction of sp³-hybridized carbons (Fsp3) is 0.211. The van der Waals surface area contributed by atoms with Crippen molar-refractivity contribution in [2.45, 2.75) is 18.2 Å². The van der Waals surface area contributed by atoms with E-state index in [9.17, 15) is 9.59 Å². The molecule has 1 unspecified atom stereocenters. The lowest BCUT2D eigenvalue weighted by molar-refractivity contribution is -0.121. The molecular weight excluding hydrogens is 405 g/mol. The molecule has 3 rings (SSSR count). The monoisotopic (exact) mass is 421 g/mol. The average molecular weight is 422 g/mol. The second kappa shape index (κ2) is 8.78. The topological polar surface area (TPSA) is 61.8 Å². The summed E-state index contributed by atoms with van der Waals surface area (Å²) in [4.78, 5) is 30.5. The van der Waals surface area contributed by atoms with Crippen molar-refractivity contribution in [1.29, 1.82) is 0 Å². The number of amidine groups is 1. The molecule has 27 heavy (non-hydrogen) atoms. The van der Waals surface area contributed by atoms with Gasteiger partial charge in [-0.05, 0) is 42.0 Å². The fourth-order valence-electron chi connectivity index (χ4n) is 2.65. The Bertz CT molecular complexity index is 870. The van der Waals surface area contributed by atoms with Gasteiger partial charge in [0.25, 0.3) is 0 Å². The Morgan fingerprint density at radius 1 is 1.11 bits per heavy atom. The van der Waals surface area contributed by atoms with Crippen LogP contribution in [0.25, 0.3) is 0 Å². The van der Waals surface area contributed by atoms with Crippen LogP contribution in [0, 0.1) is 0 Å². The molecule has 0 spiro atoms. The van der Waals surface area contributed by atoms with Gasteiger partial charge in [-0.15, -0.1) is 0 Å². The first-order chi connectivity index (χ1) is 13.0. The largest absolute Gasteiger partial charge is 0.361 e. The SMILES string of the molecule is CN=C(NCc1ccc(Cl)cc1)SC1CC(=O)N(c2ccc(Cl)cc2)C1=O. The molecule has 1 aliphatic heterocycles. The molecule has 2 amide bonds. The number of halogens is 2. The standard InChI is InChI=1S/C19H17Cl2N3O2S/c1-22-19(23-11-12-2-4-13(20)5-3-12)27-16-10-17(25)24(18(16)26)15-8-6-14(21)7-9-15/h2-9,16H,10-11H2,1H3,(H,22,23). The van der Waals surface area contributed by atoms with Gasteiger partial charge in [0.1, 0.15) is 5.25 Å². The van der Waals surface area contributed by atoms with Crippen LogP contribution in [-0.2, 0) is 16.1 Å². The van der Waals surface area contributed by atoms with Crippen molar-refractivity contribution in [3.63, 3.8) is 0 Å². The zero-order chi connectivity index (χ0) is 19.4. The minimum Gasteiger partial charge on any atom is -0.361 e. The molecular formula is C19H17Cl2N3O2S. The maximum Gasteiger partial charge on any atom is 0.247 e. The Morgan fingerprint density at radius 2 is 1.70 bits per heavy atom. The normalized spacial score (nSPS) is 17.5. The number of anilines is 1. The Balaban J connectivity index is 1.63. The molecule has 140 valence electrons. The number of hydrogen-bond donors (Lipinski definition) is 1. The second-order valence-electron chi connectivity index (χ2n) is 5.86. The summed E-state index contributed by atoms with van der Waals surface area (Å²) in [5, 5.41) is 4.52. The minimum absolute atomic E-state index is 0.133. The van der Waals surface area contributed by atoms with Gasteiger partial charge in [-0.2, -0.15) is 0 Å².